The fourth-order valence-electron chi connectivity index (χ4n) is 5.01. The molecule has 1 aliphatic rings. The van der Waals surface area contributed by atoms with E-state index in [-0.39, 0.29) is 18.4 Å². The molecule has 2 aromatic heterocycles. The van der Waals surface area contributed by atoms with Gasteiger partial charge in [0, 0.05) is 50.2 Å². The van der Waals surface area contributed by atoms with E-state index in [2.05, 4.69) is 26.7 Å². The highest BCUT2D eigenvalue weighted by molar-refractivity contribution is 5.89. The number of carbonyl (C=O) groups is 2. The SMILES string of the molecule is COc1ccc2cc1OCCCN(c1ncccc1C#N)CC(=O)N[C@@H](Cc1ccccc1)C(=O)NCCn1ccnc1-2. The fraction of sp³-hybridized carbons (Fsp3) is 0.281. The zero-order valence-electron chi connectivity index (χ0n) is 23.9. The van der Waals surface area contributed by atoms with Gasteiger partial charge in [-0.05, 0) is 42.3 Å². The van der Waals surface area contributed by atoms with Gasteiger partial charge in [-0.3, -0.25) is 9.59 Å². The van der Waals surface area contributed by atoms with E-state index in [1.165, 1.54) is 0 Å². The number of anilines is 1. The first-order valence-electron chi connectivity index (χ1n) is 14.1. The molecule has 0 aliphatic carbocycles. The molecular weight excluding hydrogens is 546 g/mol. The molecule has 0 radical (unpaired) electrons. The molecule has 2 bridgehead atoms. The van der Waals surface area contributed by atoms with Gasteiger partial charge in [0.2, 0.25) is 11.8 Å². The first-order valence-corrected chi connectivity index (χ1v) is 14.1. The number of fused-ring (bicyclic) bond motifs is 4. The number of aromatic nitrogens is 3. The van der Waals surface area contributed by atoms with Crippen molar-refractivity contribution in [3.05, 3.63) is 90.4 Å². The highest BCUT2D eigenvalue weighted by atomic mass is 16.5. The van der Waals surface area contributed by atoms with Gasteiger partial charge in [-0.1, -0.05) is 30.3 Å². The molecule has 4 aromatic rings. The van der Waals surface area contributed by atoms with Crippen molar-refractivity contribution in [1.29, 1.82) is 5.26 Å². The summed E-state index contributed by atoms with van der Waals surface area (Å²) in [6.45, 7) is 1.40. The Balaban J connectivity index is 1.46. The maximum Gasteiger partial charge on any atom is 0.242 e. The Morgan fingerprint density at radius 1 is 1.07 bits per heavy atom. The van der Waals surface area contributed by atoms with Crippen LogP contribution >= 0.6 is 0 Å². The quantitative estimate of drug-likeness (QED) is 0.377. The van der Waals surface area contributed by atoms with Gasteiger partial charge in [-0.15, -0.1) is 0 Å². The van der Waals surface area contributed by atoms with E-state index in [9.17, 15) is 14.9 Å². The van der Waals surface area contributed by atoms with E-state index in [1.54, 1.807) is 36.5 Å². The molecule has 0 saturated carbocycles. The minimum Gasteiger partial charge on any atom is -0.493 e. The first-order chi connectivity index (χ1) is 21.1. The summed E-state index contributed by atoms with van der Waals surface area (Å²) in [5.41, 5.74) is 2.11. The monoisotopic (exact) mass is 579 g/mol. The van der Waals surface area contributed by atoms with Crippen molar-refractivity contribution in [1.82, 2.24) is 25.2 Å². The van der Waals surface area contributed by atoms with Gasteiger partial charge in [0.1, 0.15) is 23.8 Å². The van der Waals surface area contributed by atoms with Gasteiger partial charge < -0.3 is 29.6 Å². The number of nitrogens with zero attached hydrogens (tertiary/aromatic N) is 5. The standard InChI is InChI=1S/C32H33N7O4/c1-42-27-11-10-24-20-28(27)43-18-6-15-39(31-25(21-33)9-5-12-34-31)22-29(40)37-26(19-23-7-3-2-4-8-23)32(41)36-14-17-38-16-13-35-30(24)38/h2-5,7-13,16,20,26H,6,14-15,17-19,22H2,1H3,(H,36,41)(H,37,40)/t26-/m0/s1. The van der Waals surface area contributed by atoms with Gasteiger partial charge in [-0.25, -0.2) is 9.97 Å². The molecule has 2 N–H and O–H groups in total. The van der Waals surface area contributed by atoms with Crippen LogP contribution in [0.4, 0.5) is 5.82 Å². The highest BCUT2D eigenvalue weighted by Crippen LogP contribution is 2.32. The third kappa shape index (κ3) is 7.29. The zero-order valence-corrected chi connectivity index (χ0v) is 23.9. The third-order valence-corrected chi connectivity index (χ3v) is 7.09. The van der Waals surface area contributed by atoms with Gasteiger partial charge in [0.05, 0.1) is 25.8 Å². The molecule has 0 fully saturated rings. The van der Waals surface area contributed by atoms with Crippen LogP contribution in [0.1, 0.15) is 17.5 Å². The number of hydrogen-bond acceptors (Lipinski definition) is 8. The molecule has 0 unspecified atom stereocenters. The molecule has 11 heteroatoms. The van der Waals surface area contributed by atoms with Crippen molar-refractivity contribution in [3.63, 3.8) is 0 Å². The Morgan fingerprint density at radius 3 is 2.74 bits per heavy atom. The molecule has 5 rings (SSSR count). The number of pyridine rings is 1. The molecule has 0 saturated heterocycles. The van der Waals surface area contributed by atoms with Crippen LogP contribution in [0.3, 0.4) is 0 Å². The van der Waals surface area contributed by atoms with Crippen molar-refractivity contribution in [2.24, 2.45) is 0 Å². The van der Waals surface area contributed by atoms with E-state index in [1.807, 2.05) is 59.3 Å². The molecule has 1 aliphatic heterocycles. The second-order valence-electron chi connectivity index (χ2n) is 10.0. The number of methoxy groups -OCH3 is 1. The topological polar surface area (TPSA) is 134 Å². The van der Waals surface area contributed by atoms with E-state index in [0.717, 1.165) is 17.0 Å². The predicted octanol–water partition coefficient (Wildman–Crippen LogP) is 2.96. The maximum absolute atomic E-state index is 13.4. The van der Waals surface area contributed by atoms with Crippen LogP contribution in [0, 0.1) is 11.3 Å². The summed E-state index contributed by atoms with van der Waals surface area (Å²) >= 11 is 0. The van der Waals surface area contributed by atoms with Crippen LogP contribution in [0.2, 0.25) is 0 Å². The summed E-state index contributed by atoms with van der Waals surface area (Å²) in [4.78, 5) is 37.5. The van der Waals surface area contributed by atoms with Gasteiger partial charge >= 0.3 is 0 Å². The molecule has 2 aromatic carbocycles. The highest BCUT2D eigenvalue weighted by Gasteiger charge is 2.24. The smallest absolute Gasteiger partial charge is 0.242 e. The fourth-order valence-corrected chi connectivity index (χ4v) is 5.01. The molecule has 0 spiro atoms. The van der Waals surface area contributed by atoms with E-state index in [0.29, 0.717) is 62.0 Å². The number of nitriles is 1. The second kappa shape index (κ2) is 14.0. The lowest BCUT2D eigenvalue weighted by Gasteiger charge is -2.26. The minimum absolute atomic E-state index is 0.0958. The lowest BCUT2D eigenvalue weighted by Crippen LogP contribution is -2.51. The number of ether oxygens (including phenoxy) is 2. The number of rotatable bonds is 4. The first kappa shape index (κ1) is 29.1. The van der Waals surface area contributed by atoms with Crippen LogP contribution < -0.4 is 25.0 Å². The summed E-state index contributed by atoms with van der Waals surface area (Å²) in [5, 5.41) is 15.6. The van der Waals surface area contributed by atoms with E-state index in [4.69, 9.17) is 9.47 Å². The van der Waals surface area contributed by atoms with Crippen molar-refractivity contribution in [2.45, 2.75) is 25.4 Å². The molecule has 220 valence electrons. The molecular formula is C32H33N7O4. The predicted molar refractivity (Wildman–Crippen MR) is 161 cm³/mol. The third-order valence-electron chi connectivity index (χ3n) is 7.09. The number of carbonyl (C=O) groups excluding carboxylic acids is 2. The van der Waals surface area contributed by atoms with Crippen molar-refractivity contribution in [2.75, 3.05) is 38.3 Å². The average Bonchev–Trinajstić information content (AvgIpc) is 3.50. The Hall–Kier alpha value is -5.37. The van der Waals surface area contributed by atoms with Crippen LogP contribution in [-0.4, -0.2) is 65.7 Å². The normalized spacial score (nSPS) is 16.4. The number of nitrogens with one attached hydrogen (secondary N) is 2. The number of imidazole rings is 1. The van der Waals surface area contributed by atoms with Crippen molar-refractivity contribution < 1.29 is 19.1 Å². The Kier molecular flexibility index (Phi) is 9.49. The Bertz CT molecular complexity index is 1600. The number of benzene rings is 2. The minimum atomic E-state index is -0.801. The van der Waals surface area contributed by atoms with Crippen molar-refractivity contribution >= 4 is 17.6 Å². The maximum atomic E-state index is 13.4. The van der Waals surface area contributed by atoms with E-state index >= 15 is 0 Å². The summed E-state index contributed by atoms with van der Waals surface area (Å²) < 4.78 is 13.6. The molecule has 2 amide bonds. The summed E-state index contributed by atoms with van der Waals surface area (Å²) in [6.07, 6.45) is 6.00. The summed E-state index contributed by atoms with van der Waals surface area (Å²) in [5.74, 6) is 1.61. The van der Waals surface area contributed by atoms with Gasteiger partial charge in [0.15, 0.2) is 11.5 Å². The number of amides is 2. The van der Waals surface area contributed by atoms with Gasteiger partial charge in [-0.2, -0.15) is 5.26 Å². The lowest BCUT2D eigenvalue weighted by molar-refractivity contribution is -0.128. The van der Waals surface area contributed by atoms with Crippen molar-refractivity contribution in [3.8, 4) is 29.0 Å². The van der Waals surface area contributed by atoms with Crippen LogP contribution in [0.15, 0.2) is 79.3 Å². The molecule has 3 heterocycles. The van der Waals surface area contributed by atoms with Crippen LogP contribution in [-0.2, 0) is 22.6 Å². The number of hydrogen-bond donors (Lipinski definition) is 2. The Labute approximate surface area is 250 Å². The van der Waals surface area contributed by atoms with Crippen LogP contribution in [0.5, 0.6) is 11.5 Å². The molecule has 1 atom stereocenters. The Morgan fingerprint density at radius 2 is 1.93 bits per heavy atom. The largest absolute Gasteiger partial charge is 0.493 e. The zero-order chi connectivity index (χ0) is 30.0. The summed E-state index contributed by atoms with van der Waals surface area (Å²) in [7, 11) is 1.58. The van der Waals surface area contributed by atoms with E-state index < -0.39 is 6.04 Å². The van der Waals surface area contributed by atoms with Crippen LogP contribution in [0.25, 0.3) is 11.4 Å². The lowest BCUT2D eigenvalue weighted by atomic mass is 10.1. The average molecular weight is 580 g/mol. The molecule has 43 heavy (non-hydrogen) atoms. The van der Waals surface area contributed by atoms with Gasteiger partial charge in [0.25, 0.3) is 0 Å². The second-order valence-corrected chi connectivity index (χ2v) is 10.0. The summed E-state index contributed by atoms with van der Waals surface area (Å²) in [6, 6.07) is 19.9. The molecule has 11 nitrogen and oxygen atoms in total.